The number of aliphatic hydroxyl groups excluding tert-OH is 1. The molecule has 0 radical (unpaired) electrons. The predicted octanol–water partition coefficient (Wildman–Crippen LogP) is 1.98. The zero-order valence-corrected chi connectivity index (χ0v) is 15.1. The zero-order chi connectivity index (χ0) is 17.1. The molecule has 6 nitrogen and oxygen atoms in total. The fourth-order valence-electron chi connectivity index (χ4n) is 4.40. The van der Waals surface area contributed by atoms with E-state index in [0.29, 0.717) is 19.2 Å². The topological polar surface area (TPSA) is 70.6 Å². The summed E-state index contributed by atoms with van der Waals surface area (Å²) >= 11 is 0. The summed E-state index contributed by atoms with van der Waals surface area (Å²) < 4.78 is 11.2. The van der Waals surface area contributed by atoms with Gasteiger partial charge in [-0.1, -0.05) is 0 Å². The number of β-amino-alcohol motifs (C(OH)–C–C–N with tert-alkyl or cyclic N) is 1. The molecule has 2 N–H and O–H groups in total. The second-order valence-corrected chi connectivity index (χ2v) is 7.71. The zero-order valence-electron chi connectivity index (χ0n) is 15.1. The van der Waals surface area contributed by atoms with Crippen molar-refractivity contribution in [3.05, 3.63) is 17.2 Å². The van der Waals surface area contributed by atoms with Crippen molar-refractivity contribution in [1.29, 1.82) is 0 Å². The van der Waals surface area contributed by atoms with Gasteiger partial charge in [0.1, 0.15) is 5.82 Å². The van der Waals surface area contributed by atoms with Gasteiger partial charge >= 0.3 is 0 Å². The first-order valence-electron chi connectivity index (χ1n) is 9.98. The third-order valence-corrected chi connectivity index (χ3v) is 5.79. The quantitative estimate of drug-likeness (QED) is 0.822. The summed E-state index contributed by atoms with van der Waals surface area (Å²) in [6, 6.07) is 0.323. The Balaban J connectivity index is 1.31. The highest BCUT2D eigenvalue weighted by molar-refractivity contribution is 5.19. The van der Waals surface area contributed by atoms with Gasteiger partial charge in [0.15, 0.2) is 0 Å². The second-order valence-electron chi connectivity index (χ2n) is 7.71. The van der Waals surface area contributed by atoms with E-state index in [1.165, 1.54) is 30.7 Å². The van der Waals surface area contributed by atoms with Crippen LogP contribution in [0.25, 0.3) is 0 Å². The monoisotopic (exact) mass is 349 g/mol. The fraction of sp³-hybridized carbons (Fsp3) is 0.842. The molecule has 140 valence electrons. The Morgan fingerprint density at radius 3 is 2.88 bits per heavy atom. The summed E-state index contributed by atoms with van der Waals surface area (Å²) in [5.74, 6) is 1.11. The van der Waals surface area contributed by atoms with Crippen molar-refractivity contribution in [2.45, 2.75) is 69.6 Å². The van der Waals surface area contributed by atoms with Crippen LogP contribution in [0.1, 0.15) is 61.8 Å². The van der Waals surface area contributed by atoms with E-state index >= 15 is 0 Å². The molecule has 3 heterocycles. The van der Waals surface area contributed by atoms with E-state index in [-0.39, 0.29) is 6.10 Å². The summed E-state index contributed by atoms with van der Waals surface area (Å²) in [5.41, 5.74) is 2.62. The van der Waals surface area contributed by atoms with E-state index in [1.807, 2.05) is 0 Å². The highest BCUT2D eigenvalue weighted by Crippen LogP contribution is 2.32. The molecular formula is C19H31N3O3. The van der Waals surface area contributed by atoms with Crippen molar-refractivity contribution in [3.8, 4) is 0 Å². The van der Waals surface area contributed by atoms with Gasteiger partial charge in [-0.15, -0.1) is 0 Å². The number of rotatable bonds is 6. The lowest BCUT2D eigenvalue weighted by atomic mass is 10.0. The number of nitrogens with one attached hydrogen (secondary N) is 1. The van der Waals surface area contributed by atoms with E-state index in [1.54, 1.807) is 0 Å². The van der Waals surface area contributed by atoms with Crippen LogP contribution in [0.3, 0.4) is 0 Å². The van der Waals surface area contributed by atoms with Crippen LogP contribution in [0.15, 0.2) is 0 Å². The van der Waals surface area contributed by atoms with Crippen LogP contribution in [-0.2, 0) is 22.3 Å². The normalized spacial score (nSPS) is 26.7. The van der Waals surface area contributed by atoms with Crippen molar-refractivity contribution < 1.29 is 14.6 Å². The average Bonchev–Trinajstić information content (AvgIpc) is 3.27. The number of H-pyrrole nitrogens is 1. The molecule has 2 fully saturated rings. The molecule has 2 aliphatic heterocycles. The molecule has 0 aromatic carbocycles. The lowest BCUT2D eigenvalue weighted by molar-refractivity contribution is -0.0648. The van der Waals surface area contributed by atoms with Gasteiger partial charge in [-0.05, 0) is 57.9 Å². The molecule has 1 aromatic rings. The van der Waals surface area contributed by atoms with E-state index in [4.69, 9.17) is 14.5 Å². The van der Waals surface area contributed by atoms with Gasteiger partial charge in [-0.2, -0.15) is 0 Å². The van der Waals surface area contributed by atoms with E-state index in [0.717, 1.165) is 57.7 Å². The van der Waals surface area contributed by atoms with E-state index in [2.05, 4.69) is 9.88 Å². The maximum Gasteiger partial charge on any atom is 0.124 e. The molecule has 6 heteroatoms. The van der Waals surface area contributed by atoms with Gasteiger partial charge < -0.3 is 19.6 Å². The first-order chi connectivity index (χ1) is 12.3. The molecule has 1 aromatic heterocycles. The van der Waals surface area contributed by atoms with Gasteiger partial charge in [0.25, 0.3) is 0 Å². The SMILES string of the molecule is O[C@H](COC1CCOCC1)CN1CCC[C@@H]1c1nc2c([nH]1)CCCC2. The predicted molar refractivity (Wildman–Crippen MR) is 94.6 cm³/mol. The third-order valence-electron chi connectivity index (χ3n) is 5.79. The van der Waals surface area contributed by atoms with Crippen molar-refractivity contribution in [2.75, 3.05) is 32.9 Å². The minimum Gasteiger partial charge on any atom is -0.389 e. The Hall–Kier alpha value is -0.950. The minimum absolute atomic E-state index is 0.245. The summed E-state index contributed by atoms with van der Waals surface area (Å²) in [7, 11) is 0. The van der Waals surface area contributed by atoms with Crippen molar-refractivity contribution in [1.82, 2.24) is 14.9 Å². The number of aromatic amines is 1. The van der Waals surface area contributed by atoms with Gasteiger partial charge in [0.2, 0.25) is 0 Å². The maximum absolute atomic E-state index is 10.4. The standard InChI is InChI=1S/C19H31N3O3/c23-14(13-25-15-7-10-24-11-8-15)12-22-9-3-6-18(22)19-20-16-4-1-2-5-17(16)21-19/h14-15,18,23H,1-13H2,(H,20,21)/t14-,18+/m0/s1. The van der Waals surface area contributed by atoms with Crippen LogP contribution >= 0.6 is 0 Å². The van der Waals surface area contributed by atoms with Gasteiger partial charge in [-0.3, -0.25) is 4.90 Å². The molecule has 1 aliphatic carbocycles. The Morgan fingerprint density at radius 2 is 2.04 bits per heavy atom. The highest BCUT2D eigenvalue weighted by atomic mass is 16.5. The number of imidazole rings is 1. The summed E-state index contributed by atoms with van der Waals surface area (Å²) in [4.78, 5) is 10.8. The number of likely N-dealkylation sites (tertiary alicyclic amines) is 1. The lowest BCUT2D eigenvalue weighted by Crippen LogP contribution is -2.36. The number of fused-ring (bicyclic) bond motifs is 1. The number of nitrogens with zero attached hydrogens (tertiary/aromatic N) is 2. The molecule has 2 atom stereocenters. The number of aromatic nitrogens is 2. The smallest absolute Gasteiger partial charge is 0.124 e. The molecule has 0 saturated carbocycles. The summed E-state index contributed by atoms with van der Waals surface area (Å²) in [6.45, 7) is 3.67. The highest BCUT2D eigenvalue weighted by Gasteiger charge is 2.31. The van der Waals surface area contributed by atoms with Gasteiger partial charge in [0, 0.05) is 25.5 Å². The minimum atomic E-state index is -0.437. The first-order valence-corrected chi connectivity index (χ1v) is 9.98. The Kier molecular flexibility index (Phi) is 5.70. The van der Waals surface area contributed by atoms with Crippen molar-refractivity contribution >= 4 is 0 Å². The largest absolute Gasteiger partial charge is 0.389 e. The third kappa shape index (κ3) is 4.25. The summed E-state index contributed by atoms with van der Waals surface area (Å²) in [5, 5.41) is 10.4. The van der Waals surface area contributed by atoms with Gasteiger partial charge in [0.05, 0.1) is 30.6 Å². The maximum atomic E-state index is 10.4. The van der Waals surface area contributed by atoms with Crippen LogP contribution in [-0.4, -0.2) is 65.1 Å². The van der Waals surface area contributed by atoms with Crippen LogP contribution < -0.4 is 0 Å². The Morgan fingerprint density at radius 1 is 1.20 bits per heavy atom. The number of aliphatic hydroxyl groups is 1. The Labute approximate surface area is 149 Å². The average molecular weight is 349 g/mol. The van der Waals surface area contributed by atoms with E-state index < -0.39 is 6.10 Å². The van der Waals surface area contributed by atoms with Crippen LogP contribution in [0.2, 0.25) is 0 Å². The van der Waals surface area contributed by atoms with Crippen LogP contribution in [0.5, 0.6) is 0 Å². The molecule has 0 unspecified atom stereocenters. The summed E-state index contributed by atoms with van der Waals surface area (Å²) in [6.07, 6.45) is 8.76. The molecule has 25 heavy (non-hydrogen) atoms. The fourth-order valence-corrected chi connectivity index (χ4v) is 4.40. The van der Waals surface area contributed by atoms with Crippen molar-refractivity contribution in [3.63, 3.8) is 0 Å². The number of ether oxygens (including phenoxy) is 2. The molecule has 2 saturated heterocycles. The Bertz CT molecular complexity index is 533. The number of hydrogen-bond donors (Lipinski definition) is 2. The second kappa shape index (κ2) is 8.16. The molecular weight excluding hydrogens is 318 g/mol. The molecule has 4 rings (SSSR count). The number of aryl methyl sites for hydroxylation is 2. The first kappa shape index (κ1) is 17.5. The lowest BCUT2D eigenvalue weighted by Gasteiger charge is -2.27. The van der Waals surface area contributed by atoms with E-state index in [9.17, 15) is 5.11 Å². The van der Waals surface area contributed by atoms with Gasteiger partial charge in [-0.25, -0.2) is 4.98 Å². The van der Waals surface area contributed by atoms with Crippen LogP contribution in [0, 0.1) is 0 Å². The van der Waals surface area contributed by atoms with Crippen molar-refractivity contribution in [2.24, 2.45) is 0 Å². The molecule has 3 aliphatic rings. The molecule has 0 bridgehead atoms. The molecule has 0 amide bonds. The molecule has 0 spiro atoms. The number of hydrogen-bond acceptors (Lipinski definition) is 5. The van der Waals surface area contributed by atoms with Crippen LogP contribution in [0.4, 0.5) is 0 Å².